The van der Waals surface area contributed by atoms with Gasteiger partial charge in [-0.2, -0.15) is 0 Å². The van der Waals surface area contributed by atoms with E-state index in [0.717, 1.165) is 5.56 Å². The van der Waals surface area contributed by atoms with E-state index in [1.807, 2.05) is 0 Å². The average Bonchev–Trinajstić information content (AvgIpc) is 1.94. The third-order valence-electron chi connectivity index (χ3n) is 1.26. The maximum absolute atomic E-state index is 10.9. The Morgan fingerprint density at radius 2 is 2.50 bits per heavy atom. The van der Waals surface area contributed by atoms with E-state index >= 15 is 0 Å². The Bertz CT molecular complexity index is 275. The summed E-state index contributed by atoms with van der Waals surface area (Å²) in [5, 5.41) is 0. The van der Waals surface area contributed by atoms with Crippen LogP contribution in [-0.2, 0) is 6.42 Å². The molecule has 0 saturated carbocycles. The van der Waals surface area contributed by atoms with Crippen LogP contribution in [0.15, 0.2) is 35.8 Å². The molecule has 2 nitrogen and oxygen atoms in total. The molecule has 1 aromatic rings. The lowest BCUT2D eigenvalue weighted by Gasteiger charge is -1.90. The second-order valence-corrected chi connectivity index (χ2v) is 2.02. The average molecular weight is 135 g/mol. The quantitative estimate of drug-likeness (QED) is 0.605. The van der Waals surface area contributed by atoms with Crippen molar-refractivity contribution < 1.29 is 0 Å². The molecule has 0 bridgehead atoms. The summed E-state index contributed by atoms with van der Waals surface area (Å²) in [7, 11) is 0. The molecule has 0 aromatic carbocycles. The van der Waals surface area contributed by atoms with Gasteiger partial charge in [0.15, 0.2) is 0 Å². The molecule has 0 saturated heterocycles. The fraction of sp³-hybridized carbons (Fsp3) is 0.125. The Labute approximate surface area is 59.2 Å². The highest BCUT2D eigenvalue weighted by Crippen LogP contribution is 1.89. The molecule has 0 aliphatic rings. The number of pyridine rings is 1. The molecule has 10 heavy (non-hydrogen) atoms. The van der Waals surface area contributed by atoms with E-state index in [-0.39, 0.29) is 5.56 Å². The van der Waals surface area contributed by atoms with E-state index in [0.29, 0.717) is 6.42 Å². The minimum Gasteiger partial charge on any atom is -0.329 e. The van der Waals surface area contributed by atoms with Crippen molar-refractivity contribution >= 4 is 0 Å². The third-order valence-corrected chi connectivity index (χ3v) is 1.26. The lowest BCUT2D eigenvalue weighted by atomic mass is 10.2. The number of aromatic amines is 1. The summed E-state index contributed by atoms with van der Waals surface area (Å²) in [4.78, 5) is 13.5. The first-order valence-corrected chi connectivity index (χ1v) is 3.12. The van der Waals surface area contributed by atoms with Gasteiger partial charge in [-0.05, 0) is 12.5 Å². The van der Waals surface area contributed by atoms with Crippen molar-refractivity contribution in [1.29, 1.82) is 0 Å². The Morgan fingerprint density at radius 3 is 3.10 bits per heavy atom. The van der Waals surface area contributed by atoms with Crippen LogP contribution in [0.25, 0.3) is 0 Å². The van der Waals surface area contributed by atoms with E-state index in [9.17, 15) is 4.79 Å². The molecule has 0 spiro atoms. The summed E-state index contributed by atoms with van der Waals surface area (Å²) in [6.07, 6.45) is 3.97. The van der Waals surface area contributed by atoms with Crippen LogP contribution in [-0.4, -0.2) is 4.98 Å². The zero-order valence-corrected chi connectivity index (χ0v) is 5.63. The van der Waals surface area contributed by atoms with Gasteiger partial charge in [0.2, 0.25) is 0 Å². The molecule has 1 N–H and O–H groups in total. The van der Waals surface area contributed by atoms with E-state index in [4.69, 9.17) is 0 Å². The highest BCUT2D eigenvalue weighted by atomic mass is 16.1. The number of allylic oxidation sites excluding steroid dienone is 1. The van der Waals surface area contributed by atoms with Crippen LogP contribution in [0.2, 0.25) is 0 Å². The Kier molecular flexibility index (Phi) is 2.05. The Hall–Kier alpha value is -1.31. The van der Waals surface area contributed by atoms with Gasteiger partial charge >= 0.3 is 0 Å². The van der Waals surface area contributed by atoms with Gasteiger partial charge < -0.3 is 4.98 Å². The zero-order chi connectivity index (χ0) is 7.40. The maximum Gasteiger partial charge on any atom is 0.251 e. The number of rotatable bonds is 2. The standard InChI is InChI=1S/C8H9NO/c1-2-4-7-5-3-6-9-8(7)10/h2-3,5-6H,1,4H2,(H,9,10). The largest absolute Gasteiger partial charge is 0.329 e. The summed E-state index contributed by atoms with van der Waals surface area (Å²) >= 11 is 0. The van der Waals surface area contributed by atoms with Gasteiger partial charge in [-0.15, -0.1) is 6.58 Å². The molecule has 0 atom stereocenters. The van der Waals surface area contributed by atoms with Crippen molar-refractivity contribution in [3.05, 3.63) is 46.9 Å². The first-order valence-electron chi connectivity index (χ1n) is 3.12. The predicted octanol–water partition coefficient (Wildman–Crippen LogP) is 1.10. The molecule has 0 amide bonds. The van der Waals surface area contributed by atoms with Crippen LogP contribution in [0, 0.1) is 0 Å². The Morgan fingerprint density at radius 1 is 1.70 bits per heavy atom. The van der Waals surface area contributed by atoms with Gasteiger partial charge in [-0.1, -0.05) is 12.1 Å². The van der Waals surface area contributed by atoms with Crippen LogP contribution in [0.5, 0.6) is 0 Å². The maximum atomic E-state index is 10.9. The fourth-order valence-electron chi connectivity index (χ4n) is 0.773. The van der Waals surface area contributed by atoms with Crippen LogP contribution < -0.4 is 5.56 Å². The Balaban J connectivity index is 3.03. The topological polar surface area (TPSA) is 32.9 Å². The summed E-state index contributed by atoms with van der Waals surface area (Å²) in [5.41, 5.74) is 0.736. The van der Waals surface area contributed by atoms with Crippen LogP contribution >= 0.6 is 0 Å². The van der Waals surface area contributed by atoms with Crippen LogP contribution in [0.3, 0.4) is 0 Å². The summed E-state index contributed by atoms with van der Waals surface area (Å²) in [6, 6.07) is 3.60. The summed E-state index contributed by atoms with van der Waals surface area (Å²) < 4.78 is 0. The van der Waals surface area contributed by atoms with Gasteiger partial charge in [0, 0.05) is 11.8 Å². The van der Waals surface area contributed by atoms with Crippen molar-refractivity contribution in [2.45, 2.75) is 6.42 Å². The number of aromatic nitrogens is 1. The molecule has 0 fully saturated rings. The predicted molar refractivity (Wildman–Crippen MR) is 41.0 cm³/mol. The normalized spacial score (nSPS) is 9.20. The van der Waals surface area contributed by atoms with E-state index in [2.05, 4.69) is 11.6 Å². The molecule has 1 aromatic heterocycles. The lowest BCUT2D eigenvalue weighted by Crippen LogP contribution is -2.09. The zero-order valence-electron chi connectivity index (χ0n) is 5.63. The van der Waals surface area contributed by atoms with Crippen molar-refractivity contribution in [3.63, 3.8) is 0 Å². The molecule has 0 aliphatic carbocycles. The first kappa shape index (κ1) is 6.81. The molecular weight excluding hydrogens is 126 g/mol. The van der Waals surface area contributed by atoms with Gasteiger partial charge in [-0.3, -0.25) is 4.79 Å². The van der Waals surface area contributed by atoms with E-state index in [1.165, 1.54) is 0 Å². The smallest absolute Gasteiger partial charge is 0.251 e. The van der Waals surface area contributed by atoms with E-state index < -0.39 is 0 Å². The molecule has 52 valence electrons. The molecule has 0 radical (unpaired) electrons. The molecule has 1 rings (SSSR count). The molecule has 0 aliphatic heterocycles. The number of H-pyrrole nitrogens is 1. The number of hydrogen-bond donors (Lipinski definition) is 1. The fourth-order valence-corrected chi connectivity index (χ4v) is 0.773. The third kappa shape index (κ3) is 1.35. The monoisotopic (exact) mass is 135 g/mol. The lowest BCUT2D eigenvalue weighted by molar-refractivity contribution is 1.13. The molecule has 2 heteroatoms. The second kappa shape index (κ2) is 3.01. The highest BCUT2D eigenvalue weighted by molar-refractivity contribution is 5.11. The van der Waals surface area contributed by atoms with E-state index in [1.54, 1.807) is 24.4 Å². The minimum atomic E-state index is -0.0256. The molecule has 0 unspecified atom stereocenters. The summed E-state index contributed by atoms with van der Waals surface area (Å²) in [5.74, 6) is 0. The first-order chi connectivity index (χ1) is 4.84. The van der Waals surface area contributed by atoms with Gasteiger partial charge in [0.1, 0.15) is 0 Å². The van der Waals surface area contributed by atoms with Gasteiger partial charge in [0.25, 0.3) is 5.56 Å². The van der Waals surface area contributed by atoms with Crippen molar-refractivity contribution in [1.82, 2.24) is 4.98 Å². The molecular formula is C8H9NO. The minimum absolute atomic E-state index is 0.0256. The SMILES string of the molecule is C=CCc1ccc[nH]c1=O. The van der Waals surface area contributed by atoms with Crippen molar-refractivity contribution in [2.75, 3.05) is 0 Å². The summed E-state index contributed by atoms with van der Waals surface area (Å²) in [6.45, 7) is 3.54. The molecule has 1 heterocycles. The van der Waals surface area contributed by atoms with Crippen molar-refractivity contribution in [3.8, 4) is 0 Å². The number of hydrogen-bond acceptors (Lipinski definition) is 1. The highest BCUT2D eigenvalue weighted by Gasteiger charge is 1.91. The number of nitrogens with one attached hydrogen (secondary N) is 1. The second-order valence-electron chi connectivity index (χ2n) is 2.02. The van der Waals surface area contributed by atoms with Gasteiger partial charge in [0.05, 0.1) is 0 Å². The van der Waals surface area contributed by atoms with Crippen LogP contribution in [0.4, 0.5) is 0 Å². The van der Waals surface area contributed by atoms with Crippen LogP contribution in [0.1, 0.15) is 5.56 Å². The van der Waals surface area contributed by atoms with Gasteiger partial charge in [-0.25, -0.2) is 0 Å². The van der Waals surface area contributed by atoms with Crippen molar-refractivity contribution in [2.24, 2.45) is 0 Å².